The molecule has 0 aliphatic carbocycles. The monoisotopic (exact) mass is 304 g/mol. The molecule has 106 valence electrons. The van der Waals surface area contributed by atoms with E-state index in [2.05, 4.69) is 5.32 Å². The Bertz CT molecular complexity index is 437. The van der Waals surface area contributed by atoms with Gasteiger partial charge >= 0.3 is 0 Å². The Hall–Kier alpha value is -0.810. The van der Waals surface area contributed by atoms with Gasteiger partial charge in [-0.2, -0.15) is 0 Å². The van der Waals surface area contributed by atoms with E-state index >= 15 is 0 Å². The molecule has 1 aromatic carbocycles. The molecule has 6 heteroatoms. The summed E-state index contributed by atoms with van der Waals surface area (Å²) in [5, 5.41) is 3.83. The minimum absolute atomic E-state index is 0.115. The van der Waals surface area contributed by atoms with Gasteiger partial charge in [0.2, 0.25) is 5.91 Å². The average molecular weight is 305 g/mol. The molecule has 1 amide bonds. The number of carbonyl (C=O) groups excluding carboxylic acids is 1. The summed E-state index contributed by atoms with van der Waals surface area (Å²) in [5.41, 5.74) is 6.37. The molecule has 1 aromatic rings. The smallest absolute Gasteiger partial charge is 0.223 e. The van der Waals surface area contributed by atoms with Gasteiger partial charge in [-0.1, -0.05) is 29.3 Å². The third-order valence-electron chi connectivity index (χ3n) is 2.83. The molecular weight excluding hydrogens is 287 g/mol. The number of rotatable bonds is 6. The molecule has 2 unspecified atom stereocenters. The maximum Gasteiger partial charge on any atom is 0.223 e. The minimum Gasteiger partial charge on any atom is -0.380 e. The number of benzene rings is 1. The quantitative estimate of drug-likeness (QED) is 0.849. The zero-order chi connectivity index (χ0) is 14.4. The van der Waals surface area contributed by atoms with Gasteiger partial charge in [-0.25, -0.2) is 0 Å². The van der Waals surface area contributed by atoms with Crippen LogP contribution >= 0.6 is 23.2 Å². The maximum atomic E-state index is 11.8. The molecule has 0 aromatic heterocycles. The maximum absolute atomic E-state index is 11.8. The first-order chi connectivity index (χ1) is 8.97. The van der Waals surface area contributed by atoms with Crippen LogP contribution in [0.15, 0.2) is 18.2 Å². The van der Waals surface area contributed by atoms with Crippen LogP contribution in [-0.2, 0) is 9.53 Å². The molecule has 0 saturated heterocycles. The van der Waals surface area contributed by atoms with Gasteiger partial charge in [0, 0.05) is 13.7 Å². The van der Waals surface area contributed by atoms with E-state index in [1.807, 2.05) is 13.0 Å². The number of halogens is 2. The Morgan fingerprint density at radius 2 is 2.11 bits per heavy atom. The Morgan fingerprint density at radius 3 is 2.63 bits per heavy atom. The molecule has 0 heterocycles. The predicted octanol–water partition coefficient (Wildman–Crippen LogP) is 2.53. The van der Waals surface area contributed by atoms with Gasteiger partial charge < -0.3 is 15.8 Å². The number of nitrogens with one attached hydrogen (secondary N) is 1. The van der Waals surface area contributed by atoms with Crippen LogP contribution in [0.25, 0.3) is 0 Å². The molecule has 0 bridgehead atoms. The fraction of sp³-hybridized carbons (Fsp3) is 0.462. The van der Waals surface area contributed by atoms with Gasteiger partial charge in [0.1, 0.15) is 0 Å². The van der Waals surface area contributed by atoms with Crippen molar-refractivity contribution in [1.82, 2.24) is 5.32 Å². The number of ether oxygens (including phenoxy) is 1. The summed E-state index contributed by atoms with van der Waals surface area (Å²) in [5.74, 6) is -0.115. The van der Waals surface area contributed by atoms with Gasteiger partial charge in [-0.05, 0) is 24.6 Å². The number of hydrogen-bond acceptors (Lipinski definition) is 3. The van der Waals surface area contributed by atoms with Crippen LogP contribution in [0.5, 0.6) is 0 Å². The average Bonchev–Trinajstić information content (AvgIpc) is 2.38. The Kier molecular flexibility index (Phi) is 6.58. The van der Waals surface area contributed by atoms with E-state index in [1.54, 1.807) is 12.1 Å². The molecule has 0 aliphatic heterocycles. The zero-order valence-electron chi connectivity index (χ0n) is 11.0. The molecule has 2 atom stereocenters. The van der Waals surface area contributed by atoms with Crippen molar-refractivity contribution >= 4 is 29.1 Å². The van der Waals surface area contributed by atoms with E-state index in [1.165, 1.54) is 7.11 Å². The Balaban J connectivity index is 2.61. The van der Waals surface area contributed by atoms with E-state index in [0.717, 1.165) is 5.56 Å². The SMILES string of the molecule is COC(CN)CC(=O)NC(C)c1ccc(Cl)c(Cl)c1. The topological polar surface area (TPSA) is 64.3 Å². The van der Waals surface area contributed by atoms with Crippen molar-refractivity contribution in [3.05, 3.63) is 33.8 Å². The molecule has 3 N–H and O–H groups in total. The predicted molar refractivity (Wildman–Crippen MR) is 77.5 cm³/mol. The van der Waals surface area contributed by atoms with Crippen molar-refractivity contribution in [3.8, 4) is 0 Å². The lowest BCUT2D eigenvalue weighted by molar-refractivity contribution is -0.124. The Morgan fingerprint density at radius 1 is 1.42 bits per heavy atom. The molecule has 0 fully saturated rings. The second-order valence-electron chi connectivity index (χ2n) is 4.26. The summed E-state index contributed by atoms with van der Waals surface area (Å²) in [7, 11) is 1.53. The van der Waals surface area contributed by atoms with E-state index in [0.29, 0.717) is 16.6 Å². The van der Waals surface area contributed by atoms with Gasteiger partial charge in [0.25, 0.3) is 0 Å². The summed E-state index contributed by atoms with van der Waals surface area (Å²) >= 11 is 11.8. The van der Waals surface area contributed by atoms with Gasteiger partial charge in [0.15, 0.2) is 0 Å². The van der Waals surface area contributed by atoms with Crippen LogP contribution in [0, 0.1) is 0 Å². The molecule has 4 nitrogen and oxygen atoms in total. The second kappa shape index (κ2) is 7.70. The Labute approximate surface area is 123 Å². The molecule has 1 rings (SSSR count). The van der Waals surface area contributed by atoms with E-state index in [9.17, 15) is 4.79 Å². The third kappa shape index (κ3) is 4.99. The number of hydrogen-bond donors (Lipinski definition) is 2. The summed E-state index contributed by atoms with van der Waals surface area (Å²) in [4.78, 5) is 11.8. The van der Waals surface area contributed by atoms with E-state index < -0.39 is 0 Å². The van der Waals surface area contributed by atoms with Crippen LogP contribution in [0.1, 0.15) is 24.9 Å². The van der Waals surface area contributed by atoms with Crippen molar-refractivity contribution in [2.75, 3.05) is 13.7 Å². The number of nitrogens with two attached hydrogens (primary N) is 1. The van der Waals surface area contributed by atoms with Crippen molar-refractivity contribution in [2.45, 2.75) is 25.5 Å². The molecule has 0 saturated carbocycles. The number of methoxy groups -OCH3 is 1. The lowest BCUT2D eigenvalue weighted by Gasteiger charge is -2.17. The normalized spacial score (nSPS) is 13.9. The molecular formula is C13H18Cl2N2O2. The van der Waals surface area contributed by atoms with Crippen molar-refractivity contribution in [2.24, 2.45) is 5.73 Å². The van der Waals surface area contributed by atoms with Gasteiger partial charge in [-0.15, -0.1) is 0 Å². The second-order valence-corrected chi connectivity index (χ2v) is 5.07. The first kappa shape index (κ1) is 16.2. The van der Waals surface area contributed by atoms with Crippen LogP contribution in [0.4, 0.5) is 0 Å². The first-order valence-corrected chi connectivity index (χ1v) is 6.70. The summed E-state index contributed by atoms with van der Waals surface area (Å²) in [6.45, 7) is 2.19. The number of carbonyl (C=O) groups is 1. The fourth-order valence-corrected chi connectivity index (χ4v) is 1.94. The van der Waals surface area contributed by atoms with Crippen molar-refractivity contribution in [1.29, 1.82) is 0 Å². The first-order valence-electron chi connectivity index (χ1n) is 5.95. The minimum atomic E-state index is -0.263. The highest BCUT2D eigenvalue weighted by Gasteiger charge is 2.15. The standard InChI is InChI=1S/C13H18Cl2N2O2/c1-8(9-3-4-11(14)12(15)5-9)17-13(18)6-10(7-16)19-2/h3-5,8,10H,6-7,16H2,1-2H3,(H,17,18). The lowest BCUT2D eigenvalue weighted by Crippen LogP contribution is -2.33. The van der Waals surface area contributed by atoms with E-state index in [-0.39, 0.29) is 24.5 Å². The number of amides is 1. The highest BCUT2D eigenvalue weighted by Crippen LogP contribution is 2.25. The van der Waals surface area contributed by atoms with Crippen LogP contribution in [0.2, 0.25) is 10.0 Å². The van der Waals surface area contributed by atoms with Crippen molar-refractivity contribution in [3.63, 3.8) is 0 Å². The van der Waals surface area contributed by atoms with Gasteiger partial charge in [-0.3, -0.25) is 4.79 Å². The van der Waals surface area contributed by atoms with Gasteiger partial charge in [0.05, 0.1) is 28.6 Å². The molecule has 19 heavy (non-hydrogen) atoms. The summed E-state index contributed by atoms with van der Waals surface area (Å²) in [6.07, 6.45) is -0.0282. The summed E-state index contributed by atoms with van der Waals surface area (Å²) in [6, 6.07) is 5.12. The van der Waals surface area contributed by atoms with Crippen molar-refractivity contribution < 1.29 is 9.53 Å². The fourth-order valence-electron chi connectivity index (χ4n) is 1.64. The lowest BCUT2D eigenvalue weighted by atomic mass is 10.1. The third-order valence-corrected chi connectivity index (χ3v) is 3.57. The molecule has 0 radical (unpaired) electrons. The highest BCUT2D eigenvalue weighted by atomic mass is 35.5. The summed E-state index contributed by atoms with van der Waals surface area (Å²) < 4.78 is 5.07. The van der Waals surface area contributed by atoms with Crippen LogP contribution in [0.3, 0.4) is 0 Å². The molecule has 0 aliphatic rings. The largest absolute Gasteiger partial charge is 0.380 e. The van der Waals surface area contributed by atoms with Crippen LogP contribution in [-0.4, -0.2) is 25.7 Å². The highest BCUT2D eigenvalue weighted by molar-refractivity contribution is 6.42. The molecule has 0 spiro atoms. The van der Waals surface area contributed by atoms with Crippen LogP contribution < -0.4 is 11.1 Å². The van der Waals surface area contributed by atoms with E-state index in [4.69, 9.17) is 33.7 Å². The zero-order valence-corrected chi connectivity index (χ0v) is 12.5.